The highest BCUT2D eigenvalue weighted by atomic mass is 16.4. The fourth-order valence-electron chi connectivity index (χ4n) is 5.20. The van der Waals surface area contributed by atoms with Gasteiger partial charge in [-0.05, 0) is 26.7 Å². The minimum atomic E-state index is -1.24. The smallest absolute Gasteiger partial charge is 0.341 e. The van der Waals surface area contributed by atoms with E-state index in [4.69, 9.17) is 10.2 Å². The Balaban J connectivity index is 0.000000171. The van der Waals surface area contributed by atoms with E-state index in [1.165, 1.54) is 24.8 Å². The highest BCUT2D eigenvalue weighted by Crippen LogP contribution is 2.18. The predicted octanol–water partition coefficient (Wildman–Crippen LogP) is 1.03. The zero-order valence-corrected chi connectivity index (χ0v) is 24.0. The van der Waals surface area contributed by atoms with Gasteiger partial charge in [0.2, 0.25) is 22.8 Å². The molecule has 0 saturated carbocycles. The number of hydrogen-bond acceptors (Lipinski definition) is 11. The van der Waals surface area contributed by atoms with Crippen LogP contribution in [-0.4, -0.2) is 90.5 Å². The summed E-state index contributed by atoms with van der Waals surface area (Å²) in [7, 11) is 0. The number of anilines is 2. The van der Waals surface area contributed by atoms with E-state index in [-0.39, 0.29) is 21.9 Å². The third kappa shape index (κ3) is 5.88. The molecule has 0 unspecified atom stereocenters. The van der Waals surface area contributed by atoms with Crippen LogP contribution in [0.4, 0.5) is 11.9 Å². The number of nitrogens with zero attached hydrogens (tertiary/aromatic N) is 8. The molecule has 226 valence electrons. The van der Waals surface area contributed by atoms with Crippen LogP contribution in [0, 0.1) is 0 Å². The van der Waals surface area contributed by atoms with Crippen LogP contribution in [0.15, 0.2) is 34.4 Å². The summed E-state index contributed by atoms with van der Waals surface area (Å²) in [6.45, 7) is 9.96. The molecule has 0 spiro atoms. The van der Waals surface area contributed by atoms with Gasteiger partial charge in [0.15, 0.2) is 0 Å². The van der Waals surface area contributed by atoms with Crippen LogP contribution in [0.2, 0.25) is 0 Å². The second kappa shape index (κ2) is 12.5. The maximum Gasteiger partial charge on any atom is 0.341 e. The standard InChI is InChI=1S/C14H17N5O3.C14H16N4O3/c1-2-18-8-10(13(21)22)11(20)9-7-16-14(17-12(9)18)19-5-3-15-4-6-19;1-2-17-8-10(13(20)21)11(19)9-7-15-14(16-12(9)17)18-5-3-4-6-18/h7-8,15H,2-6H2,1H3,(H,21,22);7-8H,2-6H2,1H3,(H,20,21). The van der Waals surface area contributed by atoms with Gasteiger partial charge in [-0.3, -0.25) is 9.59 Å². The number of pyridine rings is 2. The lowest BCUT2D eigenvalue weighted by molar-refractivity contribution is 0.0684. The van der Waals surface area contributed by atoms with E-state index in [2.05, 4.69) is 30.2 Å². The van der Waals surface area contributed by atoms with Gasteiger partial charge in [0.1, 0.15) is 22.4 Å². The SMILES string of the molecule is CCn1cc(C(=O)O)c(=O)c2cnc(N3CCCC3)nc21.CCn1cc(C(=O)O)c(=O)c2cnc(N3CCNCC3)nc21. The Morgan fingerprint density at radius 1 is 0.744 bits per heavy atom. The molecule has 0 radical (unpaired) electrons. The van der Waals surface area contributed by atoms with Crippen molar-refractivity contribution >= 4 is 45.9 Å². The third-order valence-electron chi connectivity index (χ3n) is 7.54. The van der Waals surface area contributed by atoms with Crippen molar-refractivity contribution in [2.75, 3.05) is 49.1 Å². The normalized spacial score (nSPS) is 15.0. The van der Waals surface area contributed by atoms with Crippen molar-refractivity contribution in [3.63, 3.8) is 0 Å². The first kappa shape index (κ1) is 29.6. The van der Waals surface area contributed by atoms with E-state index >= 15 is 0 Å². The molecule has 4 aromatic rings. The number of fused-ring (bicyclic) bond motifs is 2. The summed E-state index contributed by atoms with van der Waals surface area (Å²) in [5.41, 5.74) is -0.616. The lowest BCUT2D eigenvalue weighted by atomic mass is 10.2. The van der Waals surface area contributed by atoms with E-state index in [0.717, 1.165) is 52.1 Å². The highest BCUT2D eigenvalue weighted by Gasteiger charge is 2.20. The van der Waals surface area contributed by atoms with Gasteiger partial charge in [0.05, 0.1) is 10.8 Å². The lowest BCUT2D eigenvalue weighted by Crippen LogP contribution is -2.44. The van der Waals surface area contributed by atoms with Crippen molar-refractivity contribution in [1.29, 1.82) is 0 Å². The maximum atomic E-state index is 12.2. The van der Waals surface area contributed by atoms with Crippen molar-refractivity contribution in [3.05, 3.63) is 56.4 Å². The third-order valence-corrected chi connectivity index (χ3v) is 7.54. The molecule has 6 rings (SSSR count). The first-order valence-electron chi connectivity index (χ1n) is 14.2. The van der Waals surface area contributed by atoms with E-state index in [9.17, 15) is 19.2 Å². The lowest BCUT2D eigenvalue weighted by Gasteiger charge is -2.27. The Morgan fingerprint density at radius 2 is 1.16 bits per heavy atom. The molecule has 2 saturated heterocycles. The van der Waals surface area contributed by atoms with Gasteiger partial charge < -0.3 is 34.5 Å². The molecule has 2 aliphatic rings. The average Bonchev–Trinajstić information content (AvgIpc) is 3.57. The van der Waals surface area contributed by atoms with Crippen LogP contribution in [0.5, 0.6) is 0 Å². The summed E-state index contributed by atoms with van der Waals surface area (Å²) < 4.78 is 3.36. The van der Waals surface area contributed by atoms with Gasteiger partial charge in [-0.1, -0.05) is 0 Å². The molecule has 43 heavy (non-hydrogen) atoms. The van der Waals surface area contributed by atoms with E-state index in [1.54, 1.807) is 9.13 Å². The number of aryl methyl sites for hydroxylation is 2. The molecule has 0 atom stereocenters. The highest BCUT2D eigenvalue weighted by molar-refractivity contribution is 5.92. The van der Waals surface area contributed by atoms with Gasteiger partial charge in [0.25, 0.3) is 0 Å². The summed E-state index contributed by atoms with van der Waals surface area (Å²) in [6, 6.07) is 0. The number of aromatic carboxylic acids is 2. The van der Waals surface area contributed by atoms with Gasteiger partial charge in [0, 0.05) is 77.1 Å². The molecule has 15 heteroatoms. The Labute approximate surface area is 245 Å². The number of carbonyl (C=O) groups is 2. The first-order chi connectivity index (χ1) is 20.7. The van der Waals surface area contributed by atoms with Crippen molar-refractivity contribution in [2.45, 2.75) is 39.8 Å². The molecular weight excluding hydrogens is 558 g/mol. The fraction of sp³-hybridized carbons (Fsp3) is 0.429. The molecule has 2 fully saturated rings. The zero-order valence-electron chi connectivity index (χ0n) is 24.0. The van der Waals surface area contributed by atoms with Gasteiger partial charge >= 0.3 is 11.9 Å². The van der Waals surface area contributed by atoms with Crippen LogP contribution >= 0.6 is 0 Å². The van der Waals surface area contributed by atoms with E-state index in [0.29, 0.717) is 36.3 Å². The molecule has 0 aromatic carbocycles. The van der Waals surface area contributed by atoms with Crippen LogP contribution in [0.3, 0.4) is 0 Å². The van der Waals surface area contributed by atoms with Crippen molar-refractivity contribution in [2.24, 2.45) is 0 Å². The summed E-state index contributed by atoms with van der Waals surface area (Å²) in [5, 5.41) is 22.0. The number of carboxylic acid groups (broad SMARTS) is 2. The second-order valence-electron chi connectivity index (χ2n) is 10.2. The number of aromatic nitrogens is 6. The minimum absolute atomic E-state index is 0.237. The van der Waals surface area contributed by atoms with Gasteiger partial charge in [-0.25, -0.2) is 19.6 Å². The number of carboxylic acids is 2. The Hall–Kier alpha value is -4.92. The zero-order chi connectivity index (χ0) is 30.7. The molecule has 15 nitrogen and oxygen atoms in total. The second-order valence-corrected chi connectivity index (χ2v) is 10.2. The number of rotatable bonds is 6. The van der Waals surface area contributed by atoms with Gasteiger partial charge in [-0.15, -0.1) is 0 Å². The van der Waals surface area contributed by atoms with Gasteiger partial charge in [-0.2, -0.15) is 9.97 Å². The minimum Gasteiger partial charge on any atom is -0.477 e. The molecule has 2 aliphatic heterocycles. The quantitative estimate of drug-likeness (QED) is 0.289. The van der Waals surface area contributed by atoms with Crippen LogP contribution < -0.4 is 26.0 Å². The Kier molecular flexibility index (Phi) is 8.61. The topological polar surface area (TPSA) is 189 Å². The summed E-state index contributed by atoms with van der Waals surface area (Å²) >= 11 is 0. The maximum absolute atomic E-state index is 12.2. The molecule has 0 aliphatic carbocycles. The average molecular weight is 592 g/mol. The van der Waals surface area contributed by atoms with Crippen molar-refractivity contribution in [3.8, 4) is 0 Å². The van der Waals surface area contributed by atoms with Crippen molar-refractivity contribution < 1.29 is 19.8 Å². The predicted molar refractivity (Wildman–Crippen MR) is 159 cm³/mol. The largest absolute Gasteiger partial charge is 0.477 e. The van der Waals surface area contributed by atoms with Crippen molar-refractivity contribution in [1.82, 2.24) is 34.4 Å². The fourth-order valence-corrected chi connectivity index (χ4v) is 5.20. The van der Waals surface area contributed by atoms with E-state index in [1.807, 2.05) is 18.7 Å². The monoisotopic (exact) mass is 591 g/mol. The molecule has 0 bridgehead atoms. The number of piperazine rings is 1. The Morgan fingerprint density at radius 3 is 1.56 bits per heavy atom. The van der Waals surface area contributed by atoms with Crippen LogP contribution in [-0.2, 0) is 13.1 Å². The molecule has 4 aromatic heterocycles. The van der Waals surface area contributed by atoms with Crippen LogP contribution in [0.25, 0.3) is 22.1 Å². The summed E-state index contributed by atoms with van der Waals surface area (Å²) in [5.74, 6) is -1.30. The van der Waals surface area contributed by atoms with E-state index < -0.39 is 22.8 Å². The van der Waals surface area contributed by atoms with Crippen LogP contribution in [0.1, 0.15) is 47.4 Å². The summed E-state index contributed by atoms with van der Waals surface area (Å²) in [6.07, 6.45) is 7.80. The first-order valence-corrected chi connectivity index (χ1v) is 14.2. The number of nitrogens with one attached hydrogen (secondary N) is 1. The molecule has 6 heterocycles. The molecule has 0 amide bonds. The Bertz CT molecular complexity index is 1810. The molecule has 3 N–H and O–H groups in total. The summed E-state index contributed by atoms with van der Waals surface area (Å²) in [4.78, 5) is 68.3. The number of hydrogen-bond donors (Lipinski definition) is 3. The molecular formula is C28H33N9O6.